The Bertz CT molecular complexity index is 331. The molecule has 62 valence electrons. The molecule has 0 saturated carbocycles. The Labute approximate surface area is 71.6 Å². The molecule has 0 atom stereocenters. The van der Waals surface area contributed by atoms with Crippen molar-refractivity contribution in [1.29, 1.82) is 0 Å². The van der Waals surface area contributed by atoms with Crippen molar-refractivity contribution in [2.45, 2.75) is 19.8 Å². The molecular weight excluding hydrogens is 150 g/mol. The molecule has 2 nitrogen and oxygen atoms in total. The lowest BCUT2D eigenvalue weighted by atomic mass is 9.87. The maximum absolute atomic E-state index is 10.8. The summed E-state index contributed by atoms with van der Waals surface area (Å²) in [5.74, 6) is 0.00954. The van der Waals surface area contributed by atoms with Gasteiger partial charge >= 0.3 is 0 Å². The van der Waals surface area contributed by atoms with Crippen LogP contribution in [0.25, 0.3) is 0 Å². The number of rotatable bonds is 1. The van der Waals surface area contributed by atoms with Crippen molar-refractivity contribution in [3.63, 3.8) is 0 Å². The molecule has 0 bridgehead atoms. The van der Waals surface area contributed by atoms with Gasteiger partial charge in [0.2, 0.25) is 5.91 Å². The van der Waals surface area contributed by atoms with Crippen molar-refractivity contribution < 1.29 is 4.79 Å². The van der Waals surface area contributed by atoms with Crippen molar-refractivity contribution in [2.75, 3.05) is 5.32 Å². The molecule has 0 heterocycles. The van der Waals surface area contributed by atoms with E-state index in [1.807, 2.05) is 12.1 Å². The minimum atomic E-state index is 0.00954. The van der Waals surface area contributed by atoms with Gasteiger partial charge in [0.05, 0.1) is 0 Å². The molecule has 1 N–H and O–H groups in total. The molecule has 1 aliphatic carbocycles. The Balaban J connectivity index is 2.32. The average molecular weight is 161 g/mol. The van der Waals surface area contributed by atoms with Crippen LogP contribution in [0.5, 0.6) is 0 Å². The number of fused-ring (bicyclic) bond motifs is 1. The SMILES string of the molecule is CC(=O)Nc1cccc2c1CC2. The number of hydrogen-bond donors (Lipinski definition) is 1. The van der Waals surface area contributed by atoms with Crippen molar-refractivity contribution in [3.05, 3.63) is 29.3 Å². The highest BCUT2D eigenvalue weighted by atomic mass is 16.1. The fraction of sp³-hybridized carbons (Fsp3) is 0.300. The van der Waals surface area contributed by atoms with Gasteiger partial charge in [-0.2, -0.15) is 0 Å². The first-order chi connectivity index (χ1) is 5.77. The van der Waals surface area contributed by atoms with Crippen LogP contribution in [0.1, 0.15) is 18.1 Å². The Morgan fingerprint density at radius 3 is 2.83 bits per heavy atom. The summed E-state index contributed by atoms with van der Waals surface area (Å²) in [6.45, 7) is 1.54. The summed E-state index contributed by atoms with van der Waals surface area (Å²) >= 11 is 0. The Morgan fingerprint density at radius 1 is 1.42 bits per heavy atom. The van der Waals surface area contributed by atoms with Crippen molar-refractivity contribution in [1.82, 2.24) is 0 Å². The Morgan fingerprint density at radius 2 is 2.25 bits per heavy atom. The molecule has 1 aromatic carbocycles. The lowest BCUT2D eigenvalue weighted by Gasteiger charge is -2.21. The van der Waals surface area contributed by atoms with Gasteiger partial charge in [0.1, 0.15) is 0 Å². The summed E-state index contributed by atoms with van der Waals surface area (Å²) in [5, 5.41) is 2.83. The number of aryl methyl sites for hydroxylation is 1. The third-order valence-corrected chi connectivity index (χ3v) is 2.23. The van der Waals surface area contributed by atoms with Gasteiger partial charge in [0.25, 0.3) is 0 Å². The van der Waals surface area contributed by atoms with E-state index in [0.717, 1.165) is 18.5 Å². The van der Waals surface area contributed by atoms with E-state index in [1.54, 1.807) is 0 Å². The maximum Gasteiger partial charge on any atom is 0.221 e. The number of nitrogens with one attached hydrogen (secondary N) is 1. The zero-order valence-corrected chi connectivity index (χ0v) is 7.05. The van der Waals surface area contributed by atoms with Crippen LogP contribution in [0.2, 0.25) is 0 Å². The van der Waals surface area contributed by atoms with E-state index in [1.165, 1.54) is 18.1 Å². The van der Waals surface area contributed by atoms with Gasteiger partial charge in [-0.05, 0) is 30.0 Å². The summed E-state index contributed by atoms with van der Waals surface area (Å²) in [5.41, 5.74) is 3.68. The van der Waals surface area contributed by atoms with Crippen LogP contribution >= 0.6 is 0 Å². The van der Waals surface area contributed by atoms with E-state index in [0.29, 0.717) is 0 Å². The maximum atomic E-state index is 10.8. The fourth-order valence-corrected chi connectivity index (χ4v) is 1.55. The quantitative estimate of drug-likeness (QED) is 0.667. The Hall–Kier alpha value is -1.31. The molecule has 2 heteroatoms. The molecule has 0 saturated heterocycles. The summed E-state index contributed by atoms with van der Waals surface area (Å²) in [4.78, 5) is 10.8. The van der Waals surface area contributed by atoms with Crippen LogP contribution in [-0.4, -0.2) is 5.91 Å². The second kappa shape index (κ2) is 2.63. The van der Waals surface area contributed by atoms with Crippen molar-refractivity contribution >= 4 is 11.6 Å². The molecule has 0 fully saturated rings. The number of benzene rings is 1. The van der Waals surface area contributed by atoms with E-state index >= 15 is 0 Å². The van der Waals surface area contributed by atoms with E-state index in [9.17, 15) is 4.79 Å². The average Bonchev–Trinajstić information content (AvgIpc) is 1.91. The van der Waals surface area contributed by atoms with Gasteiger partial charge in [0, 0.05) is 12.6 Å². The molecule has 2 rings (SSSR count). The number of hydrogen-bond acceptors (Lipinski definition) is 1. The minimum absolute atomic E-state index is 0.00954. The lowest BCUT2D eigenvalue weighted by Crippen LogP contribution is -2.15. The smallest absolute Gasteiger partial charge is 0.221 e. The third kappa shape index (κ3) is 1.09. The van der Waals surface area contributed by atoms with Crippen LogP contribution in [-0.2, 0) is 17.6 Å². The molecule has 1 aromatic rings. The summed E-state index contributed by atoms with van der Waals surface area (Å²) in [7, 11) is 0. The van der Waals surface area contributed by atoms with Gasteiger partial charge in [-0.25, -0.2) is 0 Å². The van der Waals surface area contributed by atoms with Crippen LogP contribution in [0.4, 0.5) is 5.69 Å². The van der Waals surface area contributed by atoms with Gasteiger partial charge in [0.15, 0.2) is 0 Å². The molecule has 1 amide bonds. The third-order valence-electron chi connectivity index (χ3n) is 2.23. The van der Waals surface area contributed by atoms with Gasteiger partial charge in [-0.3, -0.25) is 4.79 Å². The number of carbonyl (C=O) groups excluding carboxylic acids is 1. The van der Waals surface area contributed by atoms with Crippen LogP contribution in [0.3, 0.4) is 0 Å². The fourth-order valence-electron chi connectivity index (χ4n) is 1.55. The summed E-state index contributed by atoms with van der Waals surface area (Å²) in [6, 6.07) is 6.06. The standard InChI is InChI=1S/C10H11NO/c1-7(12)11-10-4-2-3-8-5-6-9(8)10/h2-4H,5-6H2,1H3,(H,11,12). The van der Waals surface area contributed by atoms with E-state index in [2.05, 4.69) is 11.4 Å². The van der Waals surface area contributed by atoms with Crippen molar-refractivity contribution in [3.8, 4) is 0 Å². The molecule has 0 aliphatic heterocycles. The van der Waals surface area contributed by atoms with E-state index in [4.69, 9.17) is 0 Å². The highest BCUT2D eigenvalue weighted by Crippen LogP contribution is 2.29. The monoisotopic (exact) mass is 161 g/mol. The summed E-state index contributed by atoms with van der Waals surface area (Å²) < 4.78 is 0. The zero-order chi connectivity index (χ0) is 8.55. The molecule has 0 aromatic heterocycles. The van der Waals surface area contributed by atoms with Crippen molar-refractivity contribution in [2.24, 2.45) is 0 Å². The molecule has 0 unspecified atom stereocenters. The second-order valence-electron chi connectivity index (χ2n) is 3.12. The first kappa shape index (κ1) is 7.35. The van der Waals surface area contributed by atoms with Gasteiger partial charge < -0.3 is 5.32 Å². The highest BCUT2D eigenvalue weighted by Gasteiger charge is 2.16. The minimum Gasteiger partial charge on any atom is -0.326 e. The first-order valence-corrected chi connectivity index (χ1v) is 4.16. The predicted octanol–water partition coefficient (Wildman–Crippen LogP) is 1.74. The largest absolute Gasteiger partial charge is 0.326 e. The topological polar surface area (TPSA) is 29.1 Å². The molecule has 0 spiro atoms. The number of carbonyl (C=O) groups is 1. The second-order valence-corrected chi connectivity index (χ2v) is 3.12. The zero-order valence-electron chi connectivity index (χ0n) is 7.05. The number of anilines is 1. The highest BCUT2D eigenvalue weighted by molar-refractivity contribution is 5.90. The van der Waals surface area contributed by atoms with Crippen LogP contribution in [0, 0.1) is 0 Å². The van der Waals surface area contributed by atoms with Gasteiger partial charge in [-0.15, -0.1) is 0 Å². The lowest BCUT2D eigenvalue weighted by molar-refractivity contribution is -0.114. The molecule has 1 aliphatic rings. The molecule has 12 heavy (non-hydrogen) atoms. The molecule has 0 radical (unpaired) electrons. The van der Waals surface area contributed by atoms with E-state index < -0.39 is 0 Å². The molecular formula is C10H11NO. The Kier molecular flexibility index (Phi) is 1.61. The van der Waals surface area contributed by atoms with Crippen LogP contribution in [0.15, 0.2) is 18.2 Å². The van der Waals surface area contributed by atoms with Gasteiger partial charge in [-0.1, -0.05) is 12.1 Å². The first-order valence-electron chi connectivity index (χ1n) is 4.16. The normalized spacial score (nSPS) is 13.1. The van der Waals surface area contributed by atoms with Crippen LogP contribution < -0.4 is 5.32 Å². The van der Waals surface area contributed by atoms with E-state index in [-0.39, 0.29) is 5.91 Å². The summed E-state index contributed by atoms with van der Waals surface area (Å²) in [6.07, 6.45) is 2.26. The predicted molar refractivity (Wildman–Crippen MR) is 48.2 cm³/mol. The number of amides is 1.